The fourth-order valence-electron chi connectivity index (χ4n) is 4.47. The molecule has 0 saturated carbocycles. The second kappa shape index (κ2) is 13.0. The number of halogens is 2. The summed E-state index contributed by atoms with van der Waals surface area (Å²) in [6.07, 6.45) is 1.32. The van der Waals surface area contributed by atoms with Crippen molar-refractivity contribution in [1.82, 2.24) is 20.0 Å². The number of nitrogens with one attached hydrogen (secondary N) is 3. The highest BCUT2D eigenvalue weighted by Gasteiger charge is 2.27. The van der Waals surface area contributed by atoms with Gasteiger partial charge in [0.05, 0.1) is 16.3 Å². The fourth-order valence-corrected chi connectivity index (χ4v) is 5.51. The van der Waals surface area contributed by atoms with Crippen LogP contribution in [0.3, 0.4) is 0 Å². The van der Waals surface area contributed by atoms with Gasteiger partial charge in [-0.1, -0.05) is 12.1 Å². The van der Waals surface area contributed by atoms with E-state index < -0.39 is 62.3 Å². The van der Waals surface area contributed by atoms with Crippen molar-refractivity contribution in [3.05, 3.63) is 112 Å². The van der Waals surface area contributed by atoms with Gasteiger partial charge in [-0.25, -0.2) is 26.7 Å². The molecule has 0 aliphatic carbocycles. The third-order valence-corrected chi connectivity index (χ3v) is 8.02. The van der Waals surface area contributed by atoms with E-state index in [0.29, 0.717) is 23.4 Å². The Morgan fingerprint density at radius 1 is 0.913 bits per heavy atom. The zero-order valence-corrected chi connectivity index (χ0v) is 26.0. The Bertz CT molecular complexity index is 1940. The molecule has 4 aromatic rings. The number of aryl methyl sites for hydroxylation is 1. The van der Waals surface area contributed by atoms with E-state index in [1.54, 1.807) is 63.0 Å². The predicted octanol–water partition coefficient (Wildman–Crippen LogP) is 3.21. The molecular formula is C31H31F2N5O7S. The average Bonchev–Trinajstić information content (AvgIpc) is 3.29. The third kappa shape index (κ3) is 7.85. The molecule has 46 heavy (non-hydrogen) atoms. The molecule has 4 rings (SSSR count). The molecule has 0 unspecified atom stereocenters. The smallest absolute Gasteiger partial charge is 0.326 e. The van der Waals surface area contributed by atoms with Crippen molar-refractivity contribution in [2.45, 2.75) is 43.7 Å². The van der Waals surface area contributed by atoms with Gasteiger partial charge in [0.1, 0.15) is 23.2 Å². The molecule has 0 aliphatic heterocycles. The molecule has 0 spiro atoms. The van der Waals surface area contributed by atoms with Crippen molar-refractivity contribution in [1.29, 1.82) is 0 Å². The van der Waals surface area contributed by atoms with E-state index in [0.717, 1.165) is 12.1 Å². The highest BCUT2D eigenvalue weighted by atomic mass is 32.2. The molecule has 0 bridgehead atoms. The first-order valence-corrected chi connectivity index (χ1v) is 15.3. The van der Waals surface area contributed by atoms with E-state index in [4.69, 9.17) is 0 Å². The minimum atomic E-state index is -4.36. The van der Waals surface area contributed by atoms with Crippen LogP contribution in [0.4, 0.5) is 14.5 Å². The van der Waals surface area contributed by atoms with Gasteiger partial charge in [-0.15, -0.1) is 0 Å². The second-order valence-corrected chi connectivity index (χ2v) is 13.1. The Kier molecular flexibility index (Phi) is 9.47. The lowest BCUT2D eigenvalue weighted by molar-refractivity contribution is -0.139. The standard InChI is InChI=1S/C31H31F2N5O7S/c1-31(2,3)35-28(40)19-7-11-22(12-8-19)46(44,45)36-20-16-23(32)27(24(33)17-20)29(41)34-25(30(42)43)15-18-5-9-21(10-6-18)38-26(39)13-14-37(38)4/h5-14,16-17,25,36H,15H2,1-4H3,(H,34,41)(H,35,40)(H,42,43)/t25-/m0/s1. The van der Waals surface area contributed by atoms with Crippen molar-refractivity contribution < 1.29 is 36.7 Å². The van der Waals surface area contributed by atoms with Crippen molar-refractivity contribution in [2.24, 2.45) is 7.05 Å². The van der Waals surface area contributed by atoms with Crippen molar-refractivity contribution in [3.8, 4) is 5.69 Å². The maximum absolute atomic E-state index is 15.0. The molecule has 1 heterocycles. The van der Waals surface area contributed by atoms with E-state index in [2.05, 4.69) is 10.6 Å². The van der Waals surface area contributed by atoms with Crippen LogP contribution in [-0.2, 0) is 28.3 Å². The number of sulfonamides is 1. The number of carboxylic acids is 1. The lowest BCUT2D eigenvalue weighted by Crippen LogP contribution is -2.43. The number of amides is 2. The van der Waals surface area contributed by atoms with Crippen LogP contribution in [0.25, 0.3) is 5.69 Å². The number of carbonyl (C=O) groups is 3. The van der Waals surface area contributed by atoms with Gasteiger partial charge in [-0.2, -0.15) is 0 Å². The lowest BCUT2D eigenvalue weighted by atomic mass is 10.0. The maximum atomic E-state index is 15.0. The molecule has 2 amide bonds. The lowest BCUT2D eigenvalue weighted by Gasteiger charge is -2.20. The van der Waals surface area contributed by atoms with E-state index in [1.807, 2.05) is 4.72 Å². The summed E-state index contributed by atoms with van der Waals surface area (Å²) in [6, 6.07) is 12.1. The zero-order chi connectivity index (χ0) is 34.0. The number of nitrogens with zero attached hydrogens (tertiary/aromatic N) is 2. The number of carboxylic acid groups (broad SMARTS) is 1. The number of hydrogen-bond acceptors (Lipinski definition) is 6. The van der Waals surface area contributed by atoms with Crippen LogP contribution in [0.2, 0.25) is 0 Å². The van der Waals surface area contributed by atoms with Crippen LogP contribution in [0, 0.1) is 11.6 Å². The summed E-state index contributed by atoms with van der Waals surface area (Å²) in [5, 5.41) is 14.5. The second-order valence-electron chi connectivity index (χ2n) is 11.4. The number of anilines is 1. The largest absolute Gasteiger partial charge is 0.480 e. The summed E-state index contributed by atoms with van der Waals surface area (Å²) in [5.74, 6) is -6.14. The molecule has 1 aromatic heterocycles. The summed E-state index contributed by atoms with van der Waals surface area (Å²) >= 11 is 0. The summed E-state index contributed by atoms with van der Waals surface area (Å²) in [4.78, 5) is 48.7. The molecule has 0 saturated heterocycles. The SMILES string of the molecule is Cn1ccc(=O)n1-c1ccc(C[C@H](NC(=O)c2c(F)cc(NS(=O)(=O)c3ccc(C(=O)NC(C)(C)C)cc3)cc2F)C(=O)O)cc1. The van der Waals surface area contributed by atoms with Gasteiger partial charge in [-0.05, 0) is 74.9 Å². The Labute approximate surface area is 262 Å². The maximum Gasteiger partial charge on any atom is 0.326 e. The number of benzene rings is 3. The van der Waals surface area contributed by atoms with Gasteiger partial charge in [-0.3, -0.25) is 23.8 Å². The van der Waals surface area contributed by atoms with E-state index in [1.165, 1.54) is 22.9 Å². The van der Waals surface area contributed by atoms with Crippen LogP contribution in [-0.4, -0.2) is 52.3 Å². The molecule has 0 radical (unpaired) electrons. The quantitative estimate of drug-likeness (QED) is 0.203. The molecule has 12 nitrogen and oxygen atoms in total. The zero-order valence-electron chi connectivity index (χ0n) is 25.2. The van der Waals surface area contributed by atoms with E-state index in [-0.39, 0.29) is 22.4 Å². The summed E-state index contributed by atoms with van der Waals surface area (Å²) < 4.78 is 60.6. The number of aromatic nitrogens is 2. The minimum absolute atomic E-state index is 0.196. The molecule has 1 atom stereocenters. The van der Waals surface area contributed by atoms with Crippen LogP contribution in [0.5, 0.6) is 0 Å². The van der Waals surface area contributed by atoms with Crippen molar-refractivity contribution >= 4 is 33.5 Å². The van der Waals surface area contributed by atoms with Crippen LogP contribution in [0.15, 0.2) is 82.6 Å². The van der Waals surface area contributed by atoms with Gasteiger partial charge in [0, 0.05) is 36.8 Å². The number of rotatable bonds is 10. The minimum Gasteiger partial charge on any atom is -0.480 e. The fraction of sp³-hybridized carbons (Fsp3) is 0.226. The molecule has 0 aliphatic rings. The Morgan fingerprint density at radius 3 is 2.00 bits per heavy atom. The topological polar surface area (TPSA) is 169 Å². The normalized spacial score (nSPS) is 12.3. The van der Waals surface area contributed by atoms with Crippen LogP contribution < -0.4 is 20.9 Å². The van der Waals surface area contributed by atoms with Crippen LogP contribution >= 0.6 is 0 Å². The molecule has 4 N–H and O–H groups in total. The molecule has 242 valence electrons. The van der Waals surface area contributed by atoms with E-state index in [9.17, 15) is 41.5 Å². The number of hydrogen-bond donors (Lipinski definition) is 4. The van der Waals surface area contributed by atoms with Gasteiger partial charge in [0.25, 0.3) is 27.4 Å². The van der Waals surface area contributed by atoms with E-state index >= 15 is 0 Å². The van der Waals surface area contributed by atoms with Crippen LogP contribution in [0.1, 0.15) is 47.1 Å². The van der Waals surface area contributed by atoms with Gasteiger partial charge in [0.2, 0.25) is 0 Å². The summed E-state index contributed by atoms with van der Waals surface area (Å²) in [7, 11) is -2.69. The monoisotopic (exact) mass is 655 g/mol. The molecule has 0 fully saturated rings. The third-order valence-electron chi connectivity index (χ3n) is 6.62. The average molecular weight is 656 g/mol. The number of aliphatic carboxylic acids is 1. The van der Waals surface area contributed by atoms with Crippen molar-refractivity contribution in [2.75, 3.05) is 4.72 Å². The Balaban J connectivity index is 1.47. The highest BCUT2D eigenvalue weighted by molar-refractivity contribution is 7.92. The first-order chi connectivity index (χ1) is 21.4. The number of carbonyl (C=O) groups excluding carboxylic acids is 2. The van der Waals surface area contributed by atoms with Gasteiger partial charge in [0.15, 0.2) is 0 Å². The molecule has 3 aromatic carbocycles. The Hall–Kier alpha value is -5.31. The van der Waals surface area contributed by atoms with Gasteiger partial charge >= 0.3 is 5.97 Å². The first kappa shape index (κ1) is 33.6. The molecule has 15 heteroatoms. The highest BCUT2D eigenvalue weighted by Crippen LogP contribution is 2.23. The molecular weight excluding hydrogens is 624 g/mol. The first-order valence-electron chi connectivity index (χ1n) is 13.8. The van der Waals surface area contributed by atoms with Crippen molar-refractivity contribution in [3.63, 3.8) is 0 Å². The summed E-state index contributed by atoms with van der Waals surface area (Å²) in [5.41, 5.74) is -1.28. The summed E-state index contributed by atoms with van der Waals surface area (Å²) in [6.45, 7) is 5.34. The Morgan fingerprint density at radius 2 is 1.50 bits per heavy atom. The van der Waals surface area contributed by atoms with Gasteiger partial charge < -0.3 is 15.7 Å². The predicted molar refractivity (Wildman–Crippen MR) is 164 cm³/mol.